The molecule has 18 heavy (non-hydrogen) atoms. The van der Waals surface area contributed by atoms with Gasteiger partial charge in [0.1, 0.15) is 5.92 Å². The average molecular weight is 251 g/mol. The maximum absolute atomic E-state index is 11.4. The molecule has 0 bridgehead atoms. The molecule has 1 unspecified atom stereocenters. The number of nitriles is 1. The highest BCUT2D eigenvalue weighted by atomic mass is 16.5. The first kappa shape index (κ1) is 16.7. The van der Waals surface area contributed by atoms with Crippen molar-refractivity contribution in [1.29, 1.82) is 5.26 Å². The summed E-state index contributed by atoms with van der Waals surface area (Å²) in [5.74, 6) is -0.948. The molecule has 0 heterocycles. The summed E-state index contributed by atoms with van der Waals surface area (Å²) < 4.78 is 4.85. The Labute approximate surface area is 111 Å². The van der Waals surface area contributed by atoms with Gasteiger partial charge in [-0.2, -0.15) is 5.26 Å². The Kier molecular flexibility index (Phi) is 11.3. The van der Waals surface area contributed by atoms with Gasteiger partial charge in [-0.15, -0.1) is 6.58 Å². The second-order valence-electron chi connectivity index (χ2n) is 4.42. The van der Waals surface area contributed by atoms with Gasteiger partial charge in [0.2, 0.25) is 0 Å². The highest BCUT2D eigenvalue weighted by molar-refractivity contribution is 5.75. The molecule has 0 saturated heterocycles. The van der Waals surface area contributed by atoms with Crippen LogP contribution in [0.5, 0.6) is 0 Å². The fourth-order valence-corrected chi connectivity index (χ4v) is 1.82. The van der Waals surface area contributed by atoms with Gasteiger partial charge in [-0.3, -0.25) is 4.79 Å². The van der Waals surface area contributed by atoms with E-state index in [1.54, 1.807) is 6.92 Å². The largest absolute Gasteiger partial charge is 0.465 e. The molecule has 0 aromatic heterocycles. The molecule has 0 N–H and O–H groups in total. The molecule has 0 aromatic carbocycles. The molecule has 3 heteroatoms. The second kappa shape index (κ2) is 12.2. The number of rotatable bonds is 11. The fraction of sp³-hybridized carbons (Fsp3) is 0.733. The van der Waals surface area contributed by atoms with Gasteiger partial charge in [0.05, 0.1) is 12.7 Å². The summed E-state index contributed by atoms with van der Waals surface area (Å²) in [6.45, 7) is 5.80. The van der Waals surface area contributed by atoms with Crippen molar-refractivity contribution >= 4 is 5.97 Å². The zero-order valence-electron chi connectivity index (χ0n) is 11.5. The Bertz CT molecular complexity index is 268. The molecule has 1 atom stereocenters. The number of allylic oxidation sites excluding steroid dienone is 1. The van der Waals surface area contributed by atoms with Crippen molar-refractivity contribution in [3.8, 4) is 6.07 Å². The normalized spacial score (nSPS) is 11.6. The van der Waals surface area contributed by atoms with Crippen LogP contribution in [0.15, 0.2) is 12.7 Å². The lowest BCUT2D eigenvalue weighted by Crippen LogP contribution is -2.16. The smallest absolute Gasteiger partial charge is 0.323 e. The lowest BCUT2D eigenvalue weighted by molar-refractivity contribution is -0.146. The van der Waals surface area contributed by atoms with Crippen LogP contribution in [0.1, 0.15) is 58.3 Å². The SMILES string of the molecule is C=CCCCCCCCCC(C#N)C(=O)OCC. The molecule has 0 saturated carbocycles. The highest BCUT2D eigenvalue weighted by Gasteiger charge is 2.17. The standard InChI is InChI=1S/C15H25NO2/c1-3-5-6-7-8-9-10-11-12-14(13-16)15(17)18-4-2/h3,14H,1,4-12H2,2H3. The first-order valence-corrected chi connectivity index (χ1v) is 6.93. The first-order valence-electron chi connectivity index (χ1n) is 6.93. The molecular formula is C15H25NO2. The van der Waals surface area contributed by atoms with Gasteiger partial charge in [-0.25, -0.2) is 0 Å². The van der Waals surface area contributed by atoms with Crippen molar-refractivity contribution < 1.29 is 9.53 Å². The van der Waals surface area contributed by atoms with Crippen LogP contribution in [-0.2, 0) is 9.53 Å². The van der Waals surface area contributed by atoms with E-state index in [4.69, 9.17) is 10.00 Å². The van der Waals surface area contributed by atoms with Crippen molar-refractivity contribution in [2.75, 3.05) is 6.61 Å². The Morgan fingerprint density at radius 1 is 1.28 bits per heavy atom. The molecule has 0 aliphatic heterocycles. The number of unbranched alkanes of at least 4 members (excludes halogenated alkanes) is 6. The third kappa shape index (κ3) is 8.81. The number of hydrogen-bond acceptors (Lipinski definition) is 3. The van der Waals surface area contributed by atoms with Crippen LogP contribution >= 0.6 is 0 Å². The number of ether oxygens (including phenoxy) is 1. The van der Waals surface area contributed by atoms with Crippen LogP contribution in [0.25, 0.3) is 0 Å². The minimum absolute atomic E-state index is 0.348. The van der Waals surface area contributed by atoms with Gasteiger partial charge in [0.15, 0.2) is 0 Å². The molecule has 102 valence electrons. The maximum Gasteiger partial charge on any atom is 0.323 e. The topological polar surface area (TPSA) is 50.1 Å². The van der Waals surface area contributed by atoms with Crippen LogP contribution < -0.4 is 0 Å². The minimum Gasteiger partial charge on any atom is -0.465 e. The van der Waals surface area contributed by atoms with E-state index in [1.165, 1.54) is 25.7 Å². The van der Waals surface area contributed by atoms with Gasteiger partial charge in [-0.1, -0.05) is 38.2 Å². The van der Waals surface area contributed by atoms with Crippen molar-refractivity contribution in [2.24, 2.45) is 5.92 Å². The monoisotopic (exact) mass is 251 g/mol. The lowest BCUT2D eigenvalue weighted by atomic mass is 10.0. The van der Waals surface area contributed by atoms with Crippen LogP contribution in [0.3, 0.4) is 0 Å². The Morgan fingerprint density at radius 2 is 1.89 bits per heavy atom. The maximum atomic E-state index is 11.4. The molecule has 0 rings (SSSR count). The zero-order chi connectivity index (χ0) is 13.6. The van der Waals surface area contributed by atoms with E-state index in [2.05, 4.69) is 6.58 Å². The Balaban J connectivity index is 3.49. The van der Waals surface area contributed by atoms with Crippen molar-refractivity contribution in [2.45, 2.75) is 58.3 Å². The Morgan fingerprint density at radius 3 is 2.44 bits per heavy atom. The predicted molar refractivity (Wildman–Crippen MR) is 72.9 cm³/mol. The summed E-state index contributed by atoms with van der Waals surface area (Å²) in [4.78, 5) is 11.4. The molecule has 0 fully saturated rings. The summed E-state index contributed by atoms with van der Waals surface area (Å²) in [7, 11) is 0. The van der Waals surface area contributed by atoms with Crippen LogP contribution in [0.4, 0.5) is 0 Å². The van der Waals surface area contributed by atoms with Crippen LogP contribution in [0.2, 0.25) is 0 Å². The molecule has 3 nitrogen and oxygen atoms in total. The van der Waals surface area contributed by atoms with Crippen LogP contribution in [0, 0.1) is 17.2 Å². The number of carbonyl (C=O) groups is 1. The molecule has 0 amide bonds. The summed E-state index contributed by atoms with van der Waals surface area (Å²) in [5.41, 5.74) is 0. The summed E-state index contributed by atoms with van der Waals surface area (Å²) in [6.07, 6.45) is 10.6. The van der Waals surface area contributed by atoms with E-state index < -0.39 is 5.92 Å². The number of hydrogen-bond donors (Lipinski definition) is 0. The number of esters is 1. The van der Waals surface area contributed by atoms with E-state index in [-0.39, 0.29) is 5.97 Å². The van der Waals surface area contributed by atoms with Gasteiger partial charge >= 0.3 is 5.97 Å². The minimum atomic E-state index is -0.578. The zero-order valence-corrected chi connectivity index (χ0v) is 11.5. The van der Waals surface area contributed by atoms with Gasteiger partial charge in [0, 0.05) is 0 Å². The summed E-state index contributed by atoms with van der Waals surface area (Å²) >= 11 is 0. The highest BCUT2D eigenvalue weighted by Crippen LogP contribution is 2.13. The molecule has 0 aliphatic carbocycles. The average Bonchev–Trinajstić information content (AvgIpc) is 2.37. The number of carbonyl (C=O) groups excluding carboxylic acids is 1. The van der Waals surface area contributed by atoms with E-state index in [1.807, 2.05) is 12.1 Å². The van der Waals surface area contributed by atoms with Gasteiger partial charge < -0.3 is 4.74 Å². The number of nitrogens with zero attached hydrogens (tertiary/aromatic N) is 1. The third-order valence-corrected chi connectivity index (χ3v) is 2.88. The summed E-state index contributed by atoms with van der Waals surface area (Å²) in [6, 6.07) is 2.02. The van der Waals surface area contributed by atoms with E-state index in [9.17, 15) is 4.79 Å². The predicted octanol–water partition coefficient (Wildman–Crippen LogP) is 4.00. The van der Waals surface area contributed by atoms with E-state index in [0.29, 0.717) is 13.0 Å². The third-order valence-electron chi connectivity index (χ3n) is 2.88. The fourth-order valence-electron chi connectivity index (χ4n) is 1.82. The Hall–Kier alpha value is -1.30. The molecular weight excluding hydrogens is 226 g/mol. The second-order valence-corrected chi connectivity index (χ2v) is 4.42. The van der Waals surface area contributed by atoms with E-state index in [0.717, 1.165) is 19.3 Å². The molecule has 0 radical (unpaired) electrons. The molecule has 0 aliphatic rings. The summed E-state index contributed by atoms with van der Waals surface area (Å²) in [5, 5.41) is 8.86. The molecule has 0 spiro atoms. The molecule has 0 aromatic rings. The van der Waals surface area contributed by atoms with E-state index >= 15 is 0 Å². The van der Waals surface area contributed by atoms with Gasteiger partial charge in [-0.05, 0) is 26.2 Å². The van der Waals surface area contributed by atoms with Gasteiger partial charge in [0.25, 0.3) is 0 Å². The van der Waals surface area contributed by atoms with Crippen molar-refractivity contribution in [1.82, 2.24) is 0 Å². The van der Waals surface area contributed by atoms with Crippen LogP contribution in [-0.4, -0.2) is 12.6 Å². The van der Waals surface area contributed by atoms with Crippen molar-refractivity contribution in [3.05, 3.63) is 12.7 Å². The first-order chi connectivity index (χ1) is 8.76. The van der Waals surface area contributed by atoms with Crippen molar-refractivity contribution in [3.63, 3.8) is 0 Å². The lowest BCUT2D eigenvalue weighted by Gasteiger charge is -2.07. The quantitative estimate of drug-likeness (QED) is 0.317.